The lowest BCUT2D eigenvalue weighted by Gasteiger charge is -2.23. The monoisotopic (exact) mass is 584 g/mol. The molecule has 192 valence electrons. The molecule has 1 aliphatic heterocycles. The molecule has 1 atom stereocenters. The molecule has 10 heteroatoms. The van der Waals surface area contributed by atoms with Crippen molar-refractivity contribution in [2.45, 2.75) is 32.7 Å². The van der Waals surface area contributed by atoms with Gasteiger partial charge >= 0.3 is 11.9 Å². The number of anilines is 1. The number of aliphatic hydroxyl groups is 1. The first kappa shape index (κ1) is 26.6. The van der Waals surface area contributed by atoms with E-state index in [1.807, 2.05) is 6.07 Å². The molecule has 3 aromatic rings. The molecule has 37 heavy (non-hydrogen) atoms. The van der Waals surface area contributed by atoms with Crippen LogP contribution in [0.2, 0.25) is 0 Å². The van der Waals surface area contributed by atoms with Crippen molar-refractivity contribution in [2.75, 3.05) is 18.6 Å². The first-order valence-corrected chi connectivity index (χ1v) is 13.2. The second-order valence-electron chi connectivity index (χ2n) is 8.36. The molecule has 1 unspecified atom stereocenters. The van der Waals surface area contributed by atoms with Gasteiger partial charge in [-0.05, 0) is 43.2 Å². The van der Waals surface area contributed by atoms with Crippen LogP contribution < -0.4 is 9.64 Å². The van der Waals surface area contributed by atoms with Gasteiger partial charge in [0, 0.05) is 10.0 Å². The van der Waals surface area contributed by atoms with E-state index in [1.165, 1.54) is 12.0 Å². The number of nitrogens with zero attached hydrogens (tertiary/aromatic N) is 2. The van der Waals surface area contributed by atoms with Crippen LogP contribution in [0.5, 0.6) is 5.75 Å². The Bertz CT molecular complexity index is 1400. The quantitative estimate of drug-likeness (QED) is 0.117. The summed E-state index contributed by atoms with van der Waals surface area (Å²) in [6.45, 7) is 4.21. The average Bonchev–Trinajstić information content (AvgIpc) is 3.40. The van der Waals surface area contributed by atoms with Crippen LogP contribution in [0, 0.1) is 6.92 Å². The fraction of sp³-hybridized carbons (Fsp3) is 0.259. The Morgan fingerprint density at radius 2 is 1.95 bits per heavy atom. The largest absolute Gasteiger partial charge is 0.507 e. The highest BCUT2D eigenvalue weighted by Gasteiger charge is 2.48. The Morgan fingerprint density at radius 1 is 1.19 bits per heavy atom. The molecule has 2 aromatic carbocycles. The Morgan fingerprint density at radius 3 is 2.65 bits per heavy atom. The average molecular weight is 585 g/mol. The Hall–Kier alpha value is -3.50. The minimum absolute atomic E-state index is 0.0821. The molecule has 4 rings (SSSR count). The summed E-state index contributed by atoms with van der Waals surface area (Å²) >= 11 is 4.40. The van der Waals surface area contributed by atoms with E-state index in [2.05, 4.69) is 27.8 Å². The van der Waals surface area contributed by atoms with Gasteiger partial charge in [-0.25, -0.2) is 9.78 Å². The molecule has 0 saturated carbocycles. The number of carbonyl (C=O) groups is 3. The Labute approximate surface area is 226 Å². The molecule has 1 N–H and O–H groups in total. The zero-order valence-corrected chi connectivity index (χ0v) is 22.9. The fourth-order valence-corrected chi connectivity index (χ4v) is 5.44. The van der Waals surface area contributed by atoms with Gasteiger partial charge < -0.3 is 14.6 Å². The number of benzene rings is 2. The van der Waals surface area contributed by atoms with E-state index in [-0.39, 0.29) is 21.3 Å². The number of hydrogen-bond donors (Lipinski definition) is 1. The van der Waals surface area contributed by atoms with Crippen LogP contribution >= 0.6 is 27.3 Å². The minimum Gasteiger partial charge on any atom is -0.507 e. The number of methoxy groups -OCH3 is 1. The van der Waals surface area contributed by atoms with Gasteiger partial charge in [-0.1, -0.05) is 64.9 Å². The van der Waals surface area contributed by atoms with Gasteiger partial charge in [-0.15, -0.1) is 0 Å². The van der Waals surface area contributed by atoms with Crippen LogP contribution in [0.1, 0.15) is 52.3 Å². The molecule has 1 fully saturated rings. The van der Waals surface area contributed by atoms with Gasteiger partial charge in [0.05, 0.1) is 31.0 Å². The second kappa shape index (κ2) is 11.3. The molecule has 1 amide bonds. The molecule has 0 radical (unpaired) electrons. The molecule has 0 aliphatic carbocycles. The third-order valence-corrected chi connectivity index (χ3v) is 7.48. The van der Waals surface area contributed by atoms with Crippen molar-refractivity contribution in [2.24, 2.45) is 0 Å². The number of ether oxygens (including phenoxy) is 2. The van der Waals surface area contributed by atoms with Crippen molar-refractivity contribution in [1.29, 1.82) is 0 Å². The summed E-state index contributed by atoms with van der Waals surface area (Å²) in [5.74, 6) is -2.08. The van der Waals surface area contributed by atoms with Gasteiger partial charge in [0.25, 0.3) is 5.78 Å². The first-order valence-electron chi connectivity index (χ1n) is 11.6. The van der Waals surface area contributed by atoms with Gasteiger partial charge in [-0.3, -0.25) is 14.5 Å². The molecule has 0 spiro atoms. The second-order valence-corrected chi connectivity index (χ2v) is 10.2. The lowest BCUT2D eigenvalue weighted by Crippen LogP contribution is -2.29. The molecule has 1 aromatic heterocycles. The van der Waals surface area contributed by atoms with E-state index < -0.39 is 23.7 Å². The number of aromatic nitrogens is 1. The van der Waals surface area contributed by atoms with E-state index in [0.717, 1.165) is 28.7 Å². The third-order valence-electron chi connectivity index (χ3n) is 5.85. The molecular formula is C27H25BrN2O6S. The van der Waals surface area contributed by atoms with E-state index in [4.69, 9.17) is 9.47 Å². The van der Waals surface area contributed by atoms with Gasteiger partial charge in [0.15, 0.2) is 5.13 Å². The summed E-state index contributed by atoms with van der Waals surface area (Å²) in [7, 11) is 1.26. The van der Waals surface area contributed by atoms with Crippen molar-refractivity contribution >= 4 is 55.8 Å². The van der Waals surface area contributed by atoms with Crippen molar-refractivity contribution in [3.63, 3.8) is 0 Å². The number of aryl methyl sites for hydroxylation is 1. The SMILES string of the molecule is CCCCOc1cccc(C(O)=C2C(=O)C(=O)N(c3nc(C)c(C(=O)OC)s3)C2c2cccc(Br)c2)c1. The number of rotatable bonds is 8. The van der Waals surface area contributed by atoms with Gasteiger partial charge in [0.1, 0.15) is 16.4 Å². The van der Waals surface area contributed by atoms with E-state index in [9.17, 15) is 19.5 Å². The maximum Gasteiger partial charge on any atom is 0.350 e. The summed E-state index contributed by atoms with van der Waals surface area (Å²) in [6.07, 6.45) is 1.86. The molecule has 1 saturated heterocycles. The van der Waals surface area contributed by atoms with Crippen LogP contribution in [-0.2, 0) is 14.3 Å². The van der Waals surface area contributed by atoms with E-state index >= 15 is 0 Å². The van der Waals surface area contributed by atoms with Crippen molar-refractivity contribution in [3.05, 3.63) is 80.3 Å². The normalized spacial score (nSPS) is 16.8. The number of carbonyl (C=O) groups excluding carboxylic acids is 3. The lowest BCUT2D eigenvalue weighted by atomic mass is 9.95. The van der Waals surface area contributed by atoms with Crippen LogP contribution in [0.3, 0.4) is 0 Å². The number of ketones is 1. The first-order chi connectivity index (χ1) is 17.8. The zero-order chi connectivity index (χ0) is 26.7. The maximum atomic E-state index is 13.4. The van der Waals surface area contributed by atoms with Gasteiger partial charge in [0.2, 0.25) is 0 Å². The molecule has 0 bridgehead atoms. The van der Waals surface area contributed by atoms with E-state index in [1.54, 1.807) is 49.4 Å². The van der Waals surface area contributed by atoms with Crippen LogP contribution in [-0.4, -0.2) is 41.5 Å². The summed E-state index contributed by atoms with van der Waals surface area (Å²) in [4.78, 5) is 44.8. The predicted molar refractivity (Wildman–Crippen MR) is 144 cm³/mol. The highest BCUT2D eigenvalue weighted by atomic mass is 79.9. The Kier molecular flexibility index (Phi) is 8.09. The number of amides is 1. The molecule has 8 nitrogen and oxygen atoms in total. The number of hydrogen-bond acceptors (Lipinski definition) is 8. The van der Waals surface area contributed by atoms with Crippen molar-refractivity contribution in [3.8, 4) is 5.75 Å². The minimum atomic E-state index is -0.974. The van der Waals surface area contributed by atoms with Crippen molar-refractivity contribution < 1.29 is 29.0 Å². The summed E-state index contributed by atoms with van der Waals surface area (Å²) in [5, 5.41) is 11.5. The van der Waals surface area contributed by atoms with Crippen LogP contribution in [0.15, 0.2) is 58.6 Å². The number of Topliss-reactive ketones (excluding diaryl/α,β-unsaturated/α-hetero) is 1. The molecule has 2 heterocycles. The van der Waals surface area contributed by atoms with Crippen LogP contribution in [0.25, 0.3) is 5.76 Å². The number of halogens is 1. The highest BCUT2D eigenvalue weighted by Crippen LogP contribution is 2.44. The molecular weight excluding hydrogens is 560 g/mol. The predicted octanol–water partition coefficient (Wildman–Crippen LogP) is 5.81. The fourth-order valence-electron chi connectivity index (χ4n) is 4.01. The highest BCUT2D eigenvalue weighted by molar-refractivity contribution is 9.10. The topological polar surface area (TPSA) is 106 Å². The van der Waals surface area contributed by atoms with E-state index in [0.29, 0.717) is 29.2 Å². The van der Waals surface area contributed by atoms with Crippen molar-refractivity contribution in [1.82, 2.24) is 4.98 Å². The summed E-state index contributed by atoms with van der Waals surface area (Å²) in [5.41, 5.74) is 1.22. The summed E-state index contributed by atoms with van der Waals surface area (Å²) < 4.78 is 11.3. The third kappa shape index (κ3) is 5.30. The van der Waals surface area contributed by atoms with Gasteiger partial charge in [-0.2, -0.15) is 0 Å². The van der Waals surface area contributed by atoms with Crippen LogP contribution in [0.4, 0.5) is 5.13 Å². The zero-order valence-electron chi connectivity index (χ0n) is 20.5. The number of unbranched alkanes of at least 4 members (excludes halogenated alkanes) is 1. The smallest absolute Gasteiger partial charge is 0.350 e. The Balaban J connectivity index is 1.86. The number of aliphatic hydroxyl groups excluding tert-OH is 1. The molecule has 1 aliphatic rings. The maximum absolute atomic E-state index is 13.4. The summed E-state index contributed by atoms with van der Waals surface area (Å²) in [6, 6.07) is 12.9. The lowest BCUT2D eigenvalue weighted by molar-refractivity contribution is -0.132. The standard InChI is InChI=1S/C27H25BrN2O6S/c1-4-5-12-36-19-11-7-9-17(14-19)22(31)20-21(16-8-6-10-18(28)13-16)30(25(33)23(20)32)27-29-15(2)24(37-27)26(34)35-3/h6-11,13-14,21,31H,4-5,12H2,1-3H3. The number of esters is 1. The number of thiazole rings is 1.